The number of carbonyl (C=O) groups excluding carboxylic acids is 2. The van der Waals surface area contributed by atoms with E-state index in [0.29, 0.717) is 19.6 Å². The van der Waals surface area contributed by atoms with Crippen molar-refractivity contribution in [3.05, 3.63) is 65.2 Å². The highest BCUT2D eigenvalue weighted by Gasteiger charge is 2.28. The summed E-state index contributed by atoms with van der Waals surface area (Å²) in [5.74, 6) is 0.137. The minimum atomic E-state index is -0.0740. The lowest BCUT2D eigenvalue weighted by Crippen LogP contribution is -2.51. The van der Waals surface area contributed by atoms with Crippen LogP contribution in [-0.2, 0) is 9.59 Å². The third-order valence-electron chi connectivity index (χ3n) is 5.87. The van der Waals surface area contributed by atoms with Crippen molar-refractivity contribution < 1.29 is 9.59 Å². The molecule has 0 bridgehead atoms. The second kappa shape index (κ2) is 10.4. The van der Waals surface area contributed by atoms with Crippen LogP contribution in [-0.4, -0.2) is 54.3 Å². The second-order valence-electron chi connectivity index (χ2n) is 8.17. The number of carbonyl (C=O) groups is 2. The fraction of sp³-hybridized carbons (Fsp3) is 0.440. The monoisotopic (exact) mass is 407 g/mol. The first-order chi connectivity index (χ1) is 14.5. The average Bonchev–Trinajstić information content (AvgIpc) is 2.75. The maximum absolute atomic E-state index is 13.2. The molecular formula is C25H33N3O2. The van der Waals surface area contributed by atoms with Crippen LogP contribution in [0, 0.1) is 13.8 Å². The van der Waals surface area contributed by atoms with E-state index in [1.807, 2.05) is 67.3 Å². The maximum atomic E-state index is 13.2. The molecule has 2 amide bonds. The van der Waals surface area contributed by atoms with Gasteiger partial charge in [-0.15, -0.1) is 0 Å². The molecule has 1 aliphatic heterocycles. The molecule has 1 aliphatic rings. The number of nitrogens with one attached hydrogen (secondary N) is 1. The molecule has 0 aromatic heterocycles. The van der Waals surface area contributed by atoms with Gasteiger partial charge in [0.15, 0.2) is 0 Å². The molecule has 3 rings (SSSR count). The van der Waals surface area contributed by atoms with Crippen molar-refractivity contribution in [3.8, 4) is 0 Å². The third kappa shape index (κ3) is 5.48. The molecular weight excluding hydrogens is 374 g/mol. The van der Waals surface area contributed by atoms with E-state index >= 15 is 0 Å². The van der Waals surface area contributed by atoms with E-state index in [0.717, 1.165) is 48.3 Å². The Balaban J connectivity index is 1.54. The third-order valence-corrected chi connectivity index (χ3v) is 5.87. The van der Waals surface area contributed by atoms with Crippen LogP contribution in [0.15, 0.2) is 48.5 Å². The summed E-state index contributed by atoms with van der Waals surface area (Å²) in [7, 11) is 0. The molecule has 0 radical (unpaired) electrons. The SMILES string of the molecule is CCC[C@@H](C(=O)N1CCN(CC(=O)Nc2c(C)cccc2C)CC1)c1ccccc1. The van der Waals surface area contributed by atoms with Gasteiger partial charge in [-0.2, -0.15) is 0 Å². The van der Waals surface area contributed by atoms with Crippen molar-refractivity contribution in [1.82, 2.24) is 9.80 Å². The summed E-state index contributed by atoms with van der Waals surface area (Å²) in [5, 5.41) is 3.06. The predicted molar refractivity (Wildman–Crippen MR) is 122 cm³/mol. The molecule has 0 unspecified atom stereocenters. The van der Waals surface area contributed by atoms with Crippen molar-refractivity contribution in [2.24, 2.45) is 0 Å². The first kappa shape index (κ1) is 22.0. The highest BCUT2D eigenvalue weighted by Crippen LogP contribution is 2.24. The molecule has 1 heterocycles. The van der Waals surface area contributed by atoms with E-state index in [-0.39, 0.29) is 17.7 Å². The first-order valence-corrected chi connectivity index (χ1v) is 10.9. The molecule has 2 aromatic rings. The molecule has 160 valence electrons. The Morgan fingerprint density at radius 3 is 2.17 bits per heavy atom. The molecule has 0 spiro atoms. The Hall–Kier alpha value is -2.66. The lowest BCUT2D eigenvalue weighted by molar-refractivity contribution is -0.135. The molecule has 1 saturated heterocycles. The van der Waals surface area contributed by atoms with E-state index in [2.05, 4.69) is 17.1 Å². The smallest absolute Gasteiger partial charge is 0.238 e. The quantitative estimate of drug-likeness (QED) is 0.756. The summed E-state index contributed by atoms with van der Waals surface area (Å²) in [6.45, 7) is 9.27. The molecule has 5 nitrogen and oxygen atoms in total. The van der Waals surface area contributed by atoms with Crippen molar-refractivity contribution >= 4 is 17.5 Å². The van der Waals surface area contributed by atoms with Crippen LogP contribution in [0.2, 0.25) is 0 Å². The zero-order chi connectivity index (χ0) is 21.5. The highest BCUT2D eigenvalue weighted by molar-refractivity contribution is 5.93. The van der Waals surface area contributed by atoms with Gasteiger partial charge in [0.2, 0.25) is 11.8 Å². The number of hydrogen-bond acceptors (Lipinski definition) is 3. The number of nitrogens with zero attached hydrogens (tertiary/aromatic N) is 2. The van der Waals surface area contributed by atoms with Gasteiger partial charge in [-0.25, -0.2) is 0 Å². The number of anilines is 1. The molecule has 30 heavy (non-hydrogen) atoms. The van der Waals surface area contributed by atoms with Crippen LogP contribution in [0.3, 0.4) is 0 Å². The Morgan fingerprint density at radius 2 is 1.57 bits per heavy atom. The fourth-order valence-corrected chi connectivity index (χ4v) is 4.15. The summed E-state index contributed by atoms with van der Waals surface area (Å²) in [6.07, 6.45) is 1.84. The van der Waals surface area contributed by atoms with Gasteiger partial charge in [0.1, 0.15) is 0 Å². The molecule has 5 heteroatoms. The fourth-order valence-electron chi connectivity index (χ4n) is 4.15. The average molecular weight is 408 g/mol. The Morgan fingerprint density at radius 1 is 0.933 bits per heavy atom. The molecule has 0 saturated carbocycles. The van der Waals surface area contributed by atoms with E-state index in [1.54, 1.807) is 0 Å². The number of para-hydroxylation sites is 1. The lowest BCUT2D eigenvalue weighted by atomic mass is 9.93. The minimum absolute atomic E-state index is 0.000298. The summed E-state index contributed by atoms with van der Waals surface area (Å²) in [4.78, 5) is 29.8. The van der Waals surface area contributed by atoms with Gasteiger partial charge in [-0.3, -0.25) is 14.5 Å². The standard InChI is InChI=1S/C25H33N3O2/c1-4-9-22(21-12-6-5-7-13-21)25(30)28-16-14-27(15-17-28)18-23(29)26-24-19(2)10-8-11-20(24)3/h5-8,10-13,22H,4,9,14-18H2,1-3H3,(H,26,29)/t22-/m1/s1. The topological polar surface area (TPSA) is 52.7 Å². The predicted octanol–water partition coefficient (Wildman–Crippen LogP) is 3.97. The number of hydrogen-bond donors (Lipinski definition) is 1. The van der Waals surface area contributed by atoms with Gasteiger partial charge < -0.3 is 10.2 Å². The first-order valence-electron chi connectivity index (χ1n) is 10.9. The lowest BCUT2D eigenvalue weighted by Gasteiger charge is -2.36. The van der Waals surface area contributed by atoms with Crippen molar-refractivity contribution in [3.63, 3.8) is 0 Å². The summed E-state index contributed by atoms with van der Waals surface area (Å²) < 4.78 is 0. The summed E-state index contributed by atoms with van der Waals surface area (Å²) in [5.41, 5.74) is 4.14. The van der Waals surface area contributed by atoms with Crippen LogP contribution in [0.1, 0.15) is 42.4 Å². The van der Waals surface area contributed by atoms with Crippen molar-refractivity contribution in [2.45, 2.75) is 39.5 Å². The Bertz CT molecular complexity index is 838. The normalized spacial score (nSPS) is 15.6. The minimum Gasteiger partial charge on any atom is -0.340 e. The molecule has 1 fully saturated rings. The Kier molecular flexibility index (Phi) is 7.63. The zero-order valence-corrected chi connectivity index (χ0v) is 18.4. The number of aryl methyl sites for hydroxylation is 2. The zero-order valence-electron chi connectivity index (χ0n) is 18.4. The summed E-state index contributed by atoms with van der Waals surface area (Å²) in [6, 6.07) is 16.1. The summed E-state index contributed by atoms with van der Waals surface area (Å²) >= 11 is 0. The van der Waals surface area contributed by atoms with Crippen LogP contribution in [0.4, 0.5) is 5.69 Å². The number of rotatable bonds is 7. The molecule has 2 aromatic carbocycles. The van der Waals surface area contributed by atoms with Gasteiger partial charge in [-0.1, -0.05) is 61.9 Å². The van der Waals surface area contributed by atoms with Crippen molar-refractivity contribution in [1.29, 1.82) is 0 Å². The highest BCUT2D eigenvalue weighted by atomic mass is 16.2. The van der Waals surface area contributed by atoms with Gasteiger partial charge in [0, 0.05) is 31.9 Å². The van der Waals surface area contributed by atoms with E-state index in [4.69, 9.17) is 0 Å². The van der Waals surface area contributed by atoms with Crippen LogP contribution in [0.25, 0.3) is 0 Å². The Labute approximate surface area is 180 Å². The van der Waals surface area contributed by atoms with Gasteiger partial charge in [0.05, 0.1) is 12.5 Å². The number of amides is 2. The van der Waals surface area contributed by atoms with E-state index < -0.39 is 0 Å². The number of piperazine rings is 1. The number of benzene rings is 2. The maximum Gasteiger partial charge on any atom is 0.238 e. The largest absolute Gasteiger partial charge is 0.340 e. The van der Waals surface area contributed by atoms with Crippen LogP contribution < -0.4 is 5.32 Å². The molecule has 1 atom stereocenters. The van der Waals surface area contributed by atoms with E-state index in [1.165, 1.54) is 0 Å². The van der Waals surface area contributed by atoms with Gasteiger partial charge in [-0.05, 0) is 37.0 Å². The van der Waals surface area contributed by atoms with Crippen molar-refractivity contribution in [2.75, 3.05) is 38.0 Å². The molecule has 1 N–H and O–H groups in total. The van der Waals surface area contributed by atoms with Crippen LogP contribution >= 0.6 is 0 Å². The van der Waals surface area contributed by atoms with Gasteiger partial charge in [0.25, 0.3) is 0 Å². The van der Waals surface area contributed by atoms with Gasteiger partial charge >= 0.3 is 0 Å². The van der Waals surface area contributed by atoms with Crippen LogP contribution in [0.5, 0.6) is 0 Å². The molecule has 0 aliphatic carbocycles. The van der Waals surface area contributed by atoms with E-state index in [9.17, 15) is 9.59 Å². The second-order valence-corrected chi connectivity index (χ2v) is 8.17.